The van der Waals surface area contributed by atoms with Crippen LogP contribution in [0, 0.1) is 0 Å². The van der Waals surface area contributed by atoms with Gasteiger partial charge in [0.15, 0.2) is 0 Å². The Balaban J connectivity index is 1.59. The summed E-state index contributed by atoms with van der Waals surface area (Å²) in [4.78, 5) is 0. The lowest BCUT2D eigenvalue weighted by Gasteiger charge is -2.37. The number of hydrogen-bond donors (Lipinski definition) is 1. The number of fused-ring (bicyclic) bond motifs is 1. The highest BCUT2D eigenvalue weighted by atomic mass is 16.5. The molecule has 3 atom stereocenters. The number of ether oxygens (including phenoxy) is 1. The summed E-state index contributed by atoms with van der Waals surface area (Å²) in [6.45, 7) is 0.871. The van der Waals surface area contributed by atoms with Gasteiger partial charge in [-0.25, -0.2) is 0 Å². The minimum absolute atomic E-state index is 0.472. The van der Waals surface area contributed by atoms with Crippen molar-refractivity contribution in [2.45, 2.75) is 56.7 Å². The second kappa shape index (κ2) is 5.85. The van der Waals surface area contributed by atoms with Gasteiger partial charge in [-0.3, -0.25) is 0 Å². The van der Waals surface area contributed by atoms with Gasteiger partial charge in [-0.1, -0.05) is 49.6 Å². The van der Waals surface area contributed by atoms with Gasteiger partial charge in [-0.2, -0.15) is 0 Å². The van der Waals surface area contributed by atoms with Gasteiger partial charge >= 0.3 is 0 Å². The van der Waals surface area contributed by atoms with Crippen LogP contribution in [0.3, 0.4) is 0 Å². The monoisotopic (exact) mass is 245 g/mol. The van der Waals surface area contributed by atoms with Crippen molar-refractivity contribution >= 4 is 0 Å². The van der Waals surface area contributed by atoms with E-state index in [9.17, 15) is 0 Å². The summed E-state index contributed by atoms with van der Waals surface area (Å²) in [7, 11) is 0. The van der Waals surface area contributed by atoms with Crippen molar-refractivity contribution in [3.8, 4) is 0 Å². The largest absolute Gasteiger partial charge is 0.375 e. The van der Waals surface area contributed by atoms with Crippen LogP contribution in [-0.4, -0.2) is 24.8 Å². The fourth-order valence-electron chi connectivity index (χ4n) is 3.27. The molecule has 1 aliphatic carbocycles. The van der Waals surface area contributed by atoms with Crippen LogP contribution < -0.4 is 5.32 Å². The van der Waals surface area contributed by atoms with Gasteiger partial charge in [0, 0.05) is 12.1 Å². The Kier molecular flexibility index (Phi) is 3.96. The highest BCUT2D eigenvalue weighted by molar-refractivity contribution is 5.16. The summed E-state index contributed by atoms with van der Waals surface area (Å²) in [5.41, 5.74) is 1.41. The molecule has 2 aliphatic rings. The predicted molar refractivity (Wildman–Crippen MR) is 73.7 cm³/mol. The average Bonchev–Trinajstić information content (AvgIpc) is 2.64. The van der Waals surface area contributed by atoms with Gasteiger partial charge in [-0.15, -0.1) is 0 Å². The molecule has 1 N–H and O–H groups in total. The lowest BCUT2D eigenvalue weighted by molar-refractivity contribution is -0.0302. The van der Waals surface area contributed by atoms with Gasteiger partial charge in [0.1, 0.15) is 0 Å². The summed E-state index contributed by atoms with van der Waals surface area (Å²) < 4.78 is 6.08. The summed E-state index contributed by atoms with van der Waals surface area (Å²) in [6.07, 6.45) is 8.17. The first-order valence-corrected chi connectivity index (χ1v) is 7.33. The maximum atomic E-state index is 6.08. The van der Waals surface area contributed by atoms with E-state index >= 15 is 0 Å². The Bertz CT molecular complexity index is 365. The molecule has 2 heteroatoms. The molecular weight excluding hydrogens is 222 g/mol. The van der Waals surface area contributed by atoms with Crippen LogP contribution in [0.2, 0.25) is 0 Å². The van der Waals surface area contributed by atoms with Crippen LogP contribution in [0.5, 0.6) is 0 Å². The molecule has 3 rings (SSSR count). The van der Waals surface area contributed by atoms with Crippen LogP contribution in [0.25, 0.3) is 0 Å². The van der Waals surface area contributed by atoms with E-state index in [4.69, 9.17) is 4.74 Å². The molecule has 1 heterocycles. The van der Waals surface area contributed by atoms with E-state index in [1.165, 1.54) is 37.7 Å². The van der Waals surface area contributed by atoms with E-state index in [0.29, 0.717) is 18.2 Å². The second-order valence-corrected chi connectivity index (χ2v) is 5.67. The highest BCUT2D eigenvalue weighted by Crippen LogP contribution is 2.24. The van der Waals surface area contributed by atoms with Gasteiger partial charge < -0.3 is 10.1 Å². The molecule has 2 fully saturated rings. The van der Waals surface area contributed by atoms with Crippen LogP contribution in [0.15, 0.2) is 30.3 Å². The first-order chi connectivity index (χ1) is 8.92. The Morgan fingerprint density at radius 1 is 1.06 bits per heavy atom. The molecule has 0 radical (unpaired) electrons. The van der Waals surface area contributed by atoms with Crippen LogP contribution in [-0.2, 0) is 11.2 Å². The quantitative estimate of drug-likeness (QED) is 0.865. The van der Waals surface area contributed by atoms with Crippen molar-refractivity contribution in [3.05, 3.63) is 35.9 Å². The van der Waals surface area contributed by atoms with E-state index in [1.54, 1.807) is 0 Å². The molecule has 0 spiro atoms. The Morgan fingerprint density at radius 2 is 1.89 bits per heavy atom. The van der Waals surface area contributed by atoms with Crippen molar-refractivity contribution < 1.29 is 4.74 Å². The van der Waals surface area contributed by atoms with E-state index in [-0.39, 0.29) is 0 Å². The lowest BCUT2D eigenvalue weighted by atomic mass is 9.99. The third-order valence-corrected chi connectivity index (χ3v) is 4.24. The number of benzene rings is 1. The molecule has 1 aromatic carbocycles. The second-order valence-electron chi connectivity index (χ2n) is 5.67. The summed E-state index contributed by atoms with van der Waals surface area (Å²) in [6, 6.07) is 11.8. The van der Waals surface area contributed by atoms with Crippen LogP contribution in [0.1, 0.15) is 37.7 Å². The molecule has 0 amide bonds. The summed E-state index contributed by atoms with van der Waals surface area (Å²) in [5, 5.41) is 3.82. The van der Waals surface area contributed by atoms with Crippen molar-refractivity contribution in [2.24, 2.45) is 0 Å². The molecule has 1 saturated carbocycles. The smallest absolute Gasteiger partial charge is 0.0728 e. The molecule has 1 aliphatic heterocycles. The van der Waals surface area contributed by atoms with Gasteiger partial charge in [0.2, 0.25) is 0 Å². The minimum Gasteiger partial charge on any atom is -0.375 e. The van der Waals surface area contributed by atoms with Gasteiger partial charge in [0.25, 0.3) is 0 Å². The average molecular weight is 245 g/mol. The molecule has 2 nitrogen and oxygen atoms in total. The predicted octanol–water partition coefficient (Wildman–Crippen LogP) is 2.92. The van der Waals surface area contributed by atoms with E-state index in [0.717, 1.165) is 13.0 Å². The molecule has 3 unspecified atom stereocenters. The topological polar surface area (TPSA) is 21.3 Å². The Hall–Kier alpha value is -0.860. The molecule has 0 bridgehead atoms. The Morgan fingerprint density at radius 3 is 2.78 bits per heavy atom. The lowest BCUT2D eigenvalue weighted by Crippen LogP contribution is -2.54. The number of nitrogens with one attached hydrogen (secondary N) is 1. The third kappa shape index (κ3) is 2.93. The van der Waals surface area contributed by atoms with Crippen molar-refractivity contribution in [2.75, 3.05) is 6.61 Å². The fraction of sp³-hybridized carbons (Fsp3) is 0.625. The molecule has 0 aromatic heterocycles. The zero-order valence-electron chi connectivity index (χ0n) is 11.0. The van der Waals surface area contributed by atoms with Crippen molar-refractivity contribution in [3.63, 3.8) is 0 Å². The van der Waals surface area contributed by atoms with Crippen LogP contribution >= 0.6 is 0 Å². The van der Waals surface area contributed by atoms with Gasteiger partial charge in [0.05, 0.1) is 12.7 Å². The first kappa shape index (κ1) is 12.2. The first-order valence-electron chi connectivity index (χ1n) is 7.33. The minimum atomic E-state index is 0.472. The maximum absolute atomic E-state index is 6.08. The van der Waals surface area contributed by atoms with Crippen molar-refractivity contribution in [1.29, 1.82) is 0 Å². The molecule has 18 heavy (non-hydrogen) atoms. The molecular formula is C16H23NO. The molecule has 1 aromatic rings. The summed E-state index contributed by atoms with van der Waals surface area (Å²) >= 11 is 0. The Labute approximate surface area is 110 Å². The number of hydrogen-bond acceptors (Lipinski definition) is 2. The van der Waals surface area contributed by atoms with Gasteiger partial charge in [-0.05, 0) is 24.8 Å². The normalized spacial score (nSPS) is 32.6. The maximum Gasteiger partial charge on any atom is 0.0728 e. The molecule has 1 saturated heterocycles. The van der Waals surface area contributed by atoms with E-state index in [1.807, 2.05) is 0 Å². The highest BCUT2D eigenvalue weighted by Gasteiger charge is 2.31. The zero-order valence-corrected chi connectivity index (χ0v) is 11.0. The van der Waals surface area contributed by atoms with E-state index in [2.05, 4.69) is 35.6 Å². The fourth-order valence-corrected chi connectivity index (χ4v) is 3.27. The third-order valence-electron chi connectivity index (χ3n) is 4.24. The van der Waals surface area contributed by atoms with Crippen LogP contribution in [0.4, 0.5) is 0 Å². The summed E-state index contributed by atoms with van der Waals surface area (Å²) in [5.74, 6) is 0. The zero-order chi connectivity index (χ0) is 12.2. The van der Waals surface area contributed by atoms with Crippen molar-refractivity contribution in [1.82, 2.24) is 5.32 Å². The SMILES string of the molecule is c1ccc(CC2COC3CCCCCC3N2)cc1. The number of rotatable bonds is 2. The standard InChI is InChI=1S/C16H23NO/c1-3-7-13(8-4-1)11-14-12-18-16-10-6-2-5-9-15(16)17-14/h1,3-4,7-8,14-17H,2,5-6,9-12H2. The molecule has 98 valence electrons. The van der Waals surface area contributed by atoms with E-state index < -0.39 is 0 Å². The number of morpholine rings is 1.